The average molecular weight is 555 g/mol. The summed E-state index contributed by atoms with van der Waals surface area (Å²) in [7, 11) is 0. The molecule has 1 aromatic rings. The van der Waals surface area contributed by atoms with E-state index in [0.717, 1.165) is 0 Å². The summed E-state index contributed by atoms with van der Waals surface area (Å²) >= 11 is 0. The van der Waals surface area contributed by atoms with E-state index in [0.29, 0.717) is 5.56 Å². The van der Waals surface area contributed by atoms with Gasteiger partial charge >= 0.3 is 5.97 Å². The Balaban J connectivity index is 2.11. The second-order valence-corrected chi connectivity index (χ2v) is 8.51. The molecule has 14 heteroatoms. The molecule has 0 unspecified atom stereocenters. The SMILES string of the molecule is C#CCOCCOCCO[C@]1(C(=O)O)C[C@H](O)[C@@H](NC(=O)CO)[C@H]([C@H](O)[C@H](O)CNC(=O)c2ccccc2)O1. The lowest BCUT2D eigenvalue weighted by molar-refractivity contribution is -0.312. The maximum atomic E-state index is 12.3. The van der Waals surface area contributed by atoms with Crippen molar-refractivity contribution in [1.82, 2.24) is 10.6 Å². The molecule has 1 heterocycles. The first-order chi connectivity index (χ1) is 18.6. The summed E-state index contributed by atoms with van der Waals surface area (Å²) < 4.78 is 21.3. The molecule has 216 valence electrons. The lowest BCUT2D eigenvalue weighted by Gasteiger charge is -2.46. The smallest absolute Gasteiger partial charge is 0.364 e. The minimum atomic E-state index is -2.48. The van der Waals surface area contributed by atoms with Crippen molar-refractivity contribution in [2.24, 2.45) is 0 Å². The van der Waals surface area contributed by atoms with Crippen molar-refractivity contribution >= 4 is 17.8 Å². The van der Waals surface area contributed by atoms with Crippen LogP contribution in [0.25, 0.3) is 0 Å². The van der Waals surface area contributed by atoms with Gasteiger partial charge in [0, 0.05) is 18.5 Å². The van der Waals surface area contributed by atoms with Crippen molar-refractivity contribution in [2.75, 3.05) is 46.2 Å². The summed E-state index contributed by atoms with van der Waals surface area (Å²) in [6.07, 6.45) is -2.63. The number of aliphatic hydroxyl groups excluding tert-OH is 4. The Bertz CT molecular complexity index is 972. The monoisotopic (exact) mass is 554 g/mol. The molecular weight excluding hydrogens is 520 g/mol. The van der Waals surface area contributed by atoms with Crippen molar-refractivity contribution in [3.05, 3.63) is 35.9 Å². The number of rotatable bonds is 16. The lowest BCUT2D eigenvalue weighted by atomic mass is 9.88. The number of amides is 2. The minimum Gasteiger partial charge on any atom is -0.477 e. The van der Waals surface area contributed by atoms with E-state index in [4.69, 9.17) is 30.5 Å². The van der Waals surface area contributed by atoms with Crippen molar-refractivity contribution in [3.8, 4) is 12.3 Å². The highest BCUT2D eigenvalue weighted by Crippen LogP contribution is 2.33. The number of carbonyl (C=O) groups excluding carboxylic acids is 2. The normalized spacial score (nSPS) is 24.2. The number of hydrogen-bond donors (Lipinski definition) is 7. The van der Waals surface area contributed by atoms with Gasteiger partial charge in [0.15, 0.2) is 0 Å². The number of ether oxygens (including phenoxy) is 4. The molecule has 0 spiro atoms. The Morgan fingerprint density at radius 1 is 1.13 bits per heavy atom. The molecule has 1 saturated heterocycles. The van der Waals surface area contributed by atoms with Crippen molar-refractivity contribution < 1.29 is 58.9 Å². The molecule has 0 saturated carbocycles. The molecular formula is C25H34N2O12. The molecule has 0 bridgehead atoms. The number of carboxylic acids is 1. The van der Waals surface area contributed by atoms with Crippen LogP contribution in [-0.4, -0.2) is 126 Å². The largest absolute Gasteiger partial charge is 0.477 e. The fraction of sp³-hybridized carbons (Fsp3) is 0.560. The van der Waals surface area contributed by atoms with Crippen LogP contribution in [0.2, 0.25) is 0 Å². The molecule has 0 aromatic heterocycles. The number of carboxylic acid groups (broad SMARTS) is 1. The third-order valence-electron chi connectivity index (χ3n) is 5.73. The van der Waals surface area contributed by atoms with E-state index in [2.05, 4.69) is 16.6 Å². The quantitative estimate of drug-likeness (QED) is 0.0817. The molecule has 14 nitrogen and oxygen atoms in total. The van der Waals surface area contributed by atoms with Crippen LogP contribution in [0.1, 0.15) is 16.8 Å². The summed E-state index contributed by atoms with van der Waals surface area (Å²) in [5.41, 5.74) is 0.291. The standard InChI is InChI=1S/C25H34N2O12/c1-2-8-36-9-10-37-11-12-38-25(24(34)35)13-17(29)20(27-19(31)15-28)22(39-25)21(32)18(30)14-26-23(33)16-6-4-3-5-7-16/h1,3-7,17-18,20-22,28-30,32H,8-15H2,(H,26,33)(H,27,31)(H,34,35)/t17-,18+,20+,21+,22+,25+/m0/s1. The van der Waals surface area contributed by atoms with Crippen molar-refractivity contribution in [1.29, 1.82) is 0 Å². The molecule has 7 N–H and O–H groups in total. The van der Waals surface area contributed by atoms with Crippen molar-refractivity contribution in [2.45, 2.75) is 42.7 Å². The highest BCUT2D eigenvalue weighted by molar-refractivity contribution is 5.94. The predicted molar refractivity (Wildman–Crippen MR) is 132 cm³/mol. The van der Waals surface area contributed by atoms with E-state index in [9.17, 15) is 34.8 Å². The fourth-order valence-corrected chi connectivity index (χ4v) is 3.79. The van der Waals surface area contributed by atoms with Crippen LogP contribution in [0.15, 0.2) is 30.3 Å². The van der Waals surface area contributed by atoms with Gasteiger partial charge in [0.1, 0.15) is 25.4 Å². The first-order valence-electron chi connectivity index (χ1n) is 12.1. The molecule has 39 heavy (non-hydrogen) atoms. The van der Waals surface area contributed by atoms with E-state index >= 15 is 0 Å². The zero-order valence-corrected chi connectivity index (χ0v) is 21.1. The van der Waals surface area contributed by atoms with Gasteiger partial charge in [-0.1, -0.05) is 24.1 Å². The van der Waals surface area contributed by atoms with Gasteiger partial charge in [-0.15, -0.1) is 6.42 Å². The Hall–Kier alpha value is -3.13. The maximum absolute atomic E-state index is 12.3. The van der Waals surface area contributed by atoms with E-state index in [-0.39, 0.29) is 33.0 Å². The van der Waals surface area contributed by atoms with Crippen LogP contribution in [0.5, 0.6) is 0 Å². The molecule has 1 aliphatic rings. The number of aliphatic hydroxyl groups is 4. The lowest BCUT2D eigenvalue weighted by Crippen LogP contribution is -2.68. The van der Waals surface area contributed by atoms with Crippen LogP contribution in [0, 0.1) is 12.3 Å². The Morgan fingerprint density at radius 2 is 1.79 bits per heavy atom. The van der Waals surface area contributed by atoms with Crippen LogP contribution in [0.4, 0.5) is 0 Å². The predicted octanol–water partition coefficient (Wildman–Crippen LogP) is -2.77. The summed E-state index contributed by atoms with van der Waals surface area (Å²) in [6.45, 7) is -1.39. The minimum absolute atomic E-state index is 0.0834. The highest BCUT2D eigenvalue weighted by atomic mass is 16.7. The van der Waals surface area contributed by atoms with Gasteiger partial charge in [-0.3, -0.25) is 9.59 Å². The highest BCUT2D eigenvalue weighted by Gasteiger charge is 2.55. The van der Waals surface area contributed by atoms with E-state index in [1.807, 2.05) is 0 Å². The van der Waals surface area contributed by atoms with E-state index in [1.54, 1.807) is 18.2 Å². The van der Waals surface area contributed by atoms with E-state index < -0.39 is 73.6 Å². The Kier molecular flexibility index (Phi) is 13.2. The Labute approximate surface area is 224 Å². The number of aliphatic carboxylic acids is 1. The van der Waals surface area contributed by atoms with E-state index in [1.165, 1.54) is 12.1 Å². The van der Waals surface area contributed by atoms with Gasteiger partial charge < -0.3 is 55.1 Å². The first kappa shape index (κ1) is 32.1. The number of benzene rings is 1. The first-order valence-corrected chi connectivity index (χ1v) is 12.1. The number of hydrogen-bond acceptors (Lipinski definition) is 11. The number of carbonyl (C=O) groups is 3. The zero-order valence-electron chi connectivity index (χ0n) is 21.1. The summed E-state index contributed by atoms with van der Waals surface area (Å²) in [6, 6.07) is 6.60. The van der Waals surface area contributed by atoms with Gasteiger partial charge in [-0.2, -0.15) is 0 Å². The van der Waals surface area contributed by atoms with Crippen LogP contribution >= 0.6 is 0 Å². The third-order valence-corrected chi connectivity index (χ3v) is 5.73. The number of terminal acetylenes is 1. The zero-order chi connectivity index (χ0) is 28.8. The Morgan fingerprint density at radius 3 is 2.44 bits per heavy atom. The molecule has 6 atom stereocenters. The van der Waals surface area contributed by atoms with Gasteiger partial charge in [0.05, 0.1) is 44.7 Å². The van der Waals surface area contributed by atoms with Crippen LogP contribution < -0.4 is 10.6 Å². The third kappa shape index (κ3) is 9.53. The maximum Gasteiger partial charge on any atom is 0.364 e. The summed E-state index contributed by atoms with van der Waals surface area (Å²) in [4.78, 5) is 36.3. The molecule has 1 fully saturated rings. The molecule has 2 amide bonds. The van der Waals surface area contributed by atoms with Crippen LogP contribution in [0.3, 0.4) is 0 Å². The summed E-state index contributed by atoms with van der Waals surface area (Å²) in [5.74, 6) is -3.34. The topological polar surface area (TPSA) is 213 Å². The molecule has 1 aliphatic heterocycles. The molecule has 0 aliphatic carbocycles. The van der Waals surface area contributed by atoms with Gasteiger partial charge in [0.25, 0.3) is 11.7 Å². The van der Waals surface area contributed by atoms with Gasteiger partial charge in [0.2, 0.25) is 5.91 Å². The summed E-state index contributed by atoms with van der Waals surface area (Å²) in [5, 5.41) is 55.9. The molecule has 0 radical (unpaired) electrons. The number of nitrogens with one attached hydrogen (secondary N) is 2. The van der Waals surface area contributed by atoms with Gasteiger partial charge in [-0.05, 0) is 12.1 Å². The second-order valence-electron chi connectivity index (χ2n) is 8.51. The van der Waals surface area contributed by atoms with Crippen LogP contribution in [-0.2, 0) is 28.5 Å². The van der Waals surface area contributed by atoms with Crippen molar-refractivity contribution in [3.63, 3.8) is 0 Å². The second kappa shape index (κ2) is 16.1. The van der Waals surface area contributed by atoms with Gasteiger partial charge in [-0.25, -0.2) is 4.79 Å². The molecule has 1 aromatic carbocycles. The molecule has 2 rings (SSSR count). The fourth-order valence-electron chi connectivity index (χ4n) is 3.79. The average Bonchev–Trinajstić information content (AvgIpc) is 2.93.